The highest BCUT2D eigenvalue weighted by Gasteiger charge is 2.23. The minimum atomic E-state index is 0.467. The summed E-state index contributed by atoms with van der Waals surface area (Å²) in [5.41, 5.74) is 7.27. The van der Waals surface area contributed by atoms with Gasteiger partial charge in [0.1, 0.15) is 0 Å². The molecule has 1 aromatic rings. The Morgan fingerprint density at radius 1 is 1.21 bits per heavy atom. The monoisotopic (exact) mass is 260 g/mol. The van der Waals surface area contributed by atoms with Crippen LogP contribution < -0.4 is 10.6 Å². The van der Waals surface area contributed by atoms with E-state index >= 15 is 0 Å². The Morgan fingerprint density at radius 3 is 2.32 bits per heavy atom. The van der Waals surface area contributed by atoms with Crippen molar-refractivity contribution < 1.29 is 0 Å². The molecule has 19 heavy (non-hydrogen) atoms. The molecule has 2 nitrogen and oxygen atoms in total. The molecule has 106 valence electrons. The van der Waals surface area contributed by atoms with Crippen LogP contribution in [-0.4, -0.2) is 19.6 Å². The van der Waals surface area contributed by atoms with Crippen LogP contribution in [0.5, 0.6) is 0 Å². The van der Waals surface area contributed by atoms with Gasteiger partial charge >= 0.3 is 0 Å². The summed E-state index contributed by atoms with van der Waals surface area (Å²) in [5, 5.41) is 7.16. The summed E-state index contributed by atoms with van der Waals surface area (Å²) in [6.45, 7) is 10.2. The molecule has 0 bridgehead atoms. The van der Waals surface area contributed by atoms with E-state index in [2.05, 4.69) is 51.4 Å². The number of hydrogen-bond donors (Lipinski definition) is 2. The third-order valence-electron chi connectivity index (χ3n) is 4.80. The highest BCUT2D eigenvalue weighted by atomic mass is 15.0. The number of benzene rings is 1. The van der Waals surface area contributed by atoms with Crippen LogP contribution in [0.2, 0.25) is 0 Å². The number of rotatable bonds is 4. The lowest BCUT2D eigenvalue weighted by Gasteiger charge is -2.26. The summed E-state index contributed by atoms with van der Waals surface area (Å²) in [6, 6.07) is 3.46. The van der Waals surface area contributed by atoms with Crippen LogP contribution in [0.1, 0.15) is 53.1 Å². The Hall–Kier alpha value is -0.860. The lowest BCUT2D eigenvalue weighted by molar-refractivity contribution is 0.450. The number of hydrogen-bond acceptors (Lipinski definition) is 2. The predicted molar refractivity (Wildman–Crippen MR) is 82.8 cm³/mol. The van der Waals surface area contributed by atoms with Gasteiger partial charge in [0.05, 0.1) is 0 Å². The molecule has 0 aromatic heterocycles. The smallest absolute Gasteiger partial charge is 0.0337 e. The molecule has 1 aromatic carbocycles. The second kappa shape index (κ2) is 6.06. The van der Waals surface area contributed by atoms with Crippen molar-refractivity contribution in [1.82, 2.24) is 10.6 Å². The SMILES string of the molecule is CNC(CC1CCCN1)c1c(C)c(C)cc(C)c1C. The molecule has 2 heteroatoms. The Morgan fingerprint density at radius 2 is 1.84 bits per heavy atom. The molecule has 0 radical (unpaired) electrons. The highest BCUT2D eigenvalue weighted by Crippen LogP contribution is 2.30. The van der Waals surface area contributed by atoms with E-state index in [9.17, 15) is 0 Å². The van der Waals surface area contributed by atoms with E-state index in [4.69, 9.17) is 0 Å². The second-order valence-electron chi connectivity index (χ2n) is 6.04. The molecule has 2 unspecified atom stereocenters. The van der Waals surface area contributed by atoms with Gasteiger partial charge in [-0.3, -0.25) is 0 Å². The maximum absolute atomic E-state index is 3.62. The van der Waals surface area contributed by atoms with Crippen molar-refractivity contribution in [3.8, 4) is 0 Å². The summed E-state index contributed by atoms with van der Waals surface area (Å²) in [7, 11) is 2.09. The summed E-state index contributed by atoms with van der Waals surface area (Å²) in [5.74, 6) is 0. The lowest BCUT2D eigenvalue weighted by atomic mass is 9.87. The fourth-order valence-corrected chi connectivity index (χ4v) is 3.39. The maximum Gasteiger partial charge on any atom is 0.0337 e. The van der Waals surface area contributed by atoms with Gasteiger partial charge in [0, 0.05) is 12.1 Å². The third kappa shape index (κ3) is 3.01. The van der Waals surface area contributed by atoms with Crippen molar-refractivity contribution in [3.05, 3.63) is 33.9 Å². The summed E-state index contributed by atoms with van der Waals surface area (Å²) < 4.78 is 0. The first kappa shape index (κ1) is 14.5. The van der Waals surface area contributed by atoms with Crippen LogP contribution in [0.15, 0.2) is 6.07 Å². The topological polar surface area (TPSA) is 24.1 Å². The van der Waals surface area contributed by atoms with E-state index in [1.54, 1.807) is 0 Å². The van der Waals surface area contributed by atoms with Crippen molar-refractivity contribution in [2.24, 2.45) is 0 Å². The average molecular weight is 260 g/mol. The van der Waals surface area contributed by atoms with Crippen LogP contribution in [0.4, 0.5) is 0 Å². The molecule has 1 heterocycles. The van der Waals surface area contributed by atoms with Crippen LogP contribution in [0.25, 0.3) is 0 Å². The lowest BCUT2D eigenvalue weighted by Crippen LogP contribution is -2.29. The highest BCUT2D eigenvalue weighted by molar-refractivity contribution is 5.45. The molecular weight excluding hydrogens is 232 g/mol. The van der Waals surface area contributed by atoms with Gasteiger partial charge in [0.15, 0.2) is 0 Å². The minimum Gasteiger partial charge on any atom is -0.314 e. The zero-order valence-electron chi connectivity index (χ0n) is 13.1. The van der Waals surface area contributed by atoms with Crippen LogP contribution in [0.3, 0.4) is 0 Å². The third-order valence-corrected chi connectivity index (χ3v) is 4.80. The van der Waals surface area contributed by atoms with Gasteiger partial charge < -0.3 is 10.6 Å². The largest absolute Gasteiger partial charge is 0.314 e. The zero-order valence-corrected chi connectivity index (χ0v) is 13.1. The van der Waals surface area contributed by atoms with Crippen molar-refractivity contribution in [3.63, 3.8) is 0 Å². The molecule has 0 saturated carbocycles. The van der Waals surface area contributed by atoms with Gasteiger partial charge in [0.2, 0.25) is 0 Å². The van der Waals surface area contributed by atoms with Crippen LogP contribution >= 0.6 is 0 Å². The van der Waals surface area contributed by atoms with Gasteiger partial charge in [-0.25, -0.2) is 0 Å². The van der Waals surface area contributed by atoms with Crippen molar-refractivity contribution in [2.75, 3.05) is 13.6 Å². The van der Waals surface area contributed by atoms with E-state index in [1.807, 2.05) is 0 Å². The average Bonchev–Trinajstić information content (AvgIpc) is 2.88. The number of aryl methyl sites for hydroxylation is 2. The van der Waals surface area contributed by atoms with Gasteiger partial charge in [0.25, 0.3) is 0 Å². The molecule has 2 N–H and O–H groups in total. The van der Waals surface area contributed by atoms with Gasteiger partial charge in [-0.2, -0.15) is 0 Å². The molecule has 1 aliphatic heterocycles. The molecule has 1 aliphatic rings. The van der Waals surface area contributed by atoms with Gasteiger partial charge in [-0.1, -0.05) is 6.07 Å². The van der Waals surface area contributed by atoms with Gasteiger partial charge in [-0.15, -0.1) is 0 Å². The van der Waals surface area contributed by atoms with Crippen molar-refractivity contribution >= 4 is 0 Å². The second-order valence-corrected chi connectivity index (χ2v) is 6.04. The van der Waals surface area contributed by atoms with Crippen LogP contribution in [0, 0.1) is 27.7 Å². The standard InChI is InChI=1S/C17H28N2/c1-11-9-12(2)14(4)17(13(11)3)16(18-5)10-15-7-6-8-19-15/h9,15-16,18-19H,6-8,10H2,1-5H3. The first-order chi connectivity index (χ1) is 9.04. The zero-order chi connectivity index (χ0) is 14.0. The normalized spacial score (nSPS) is 20.8. The van der Waals surface area contributed by atoms with E-state index in [0.717, 1.165) is 0 Å². The van der Waals surface area contributed by atoms with Crippen molar-refractivity contribution in [2.45, 2.75) is 59.0 Å². The Bertz CT molecular complexity index is 419. The summed E-state index contributed by atoms with van der Waals surface area (Å²) >= 11 is 0. The first-order valence-electron chi connectivity index (χ1n) is 7.52. The number of nitrogens with one attached hydrogen (secondary N) is 2. The molecule has 0 amide bonds. The van der Waals surface area contributed by atoms with E-state index in [1.165, 1.54) is 53.6 Å². The van der Waals surface area contributed by atoms with E-state index in [-0.39, 0.29) is 0 Å². The fraction of sp³-hybridized carbons (Fsp3) is 0.647. The predicted octanol–water partition coefficient (Wildman–Crippen LogP) is 3.32. The molecule has 1 saturated heterocycles. The van der Waals surface area contributed by atoms with Gasteiger partial charge in [-0.05, 0) is 88.4 Å². The Labute approximate surface area is 118 Å². The molecule has 2 atom stereocenters. The van der Waals surface area contributed by atoms with E-state index in [0.29, 0.717) is 12.1 Å². The maximum atomic E-state index is 3.62. The molecule has 2 rings (SSSR count). The summed E-state index contributed by atoms with van der Waals surface area (Å²) in [4.78, 5) is 0. The Kier molecular flexibility index (Phi) is 4.64. The Balaban J connectivity index is 2.31. The molecule has 0 spiro atoms. The summed E-state index contributed by atoms with van der Waals surface area (Å²) in [6.07, 6.45) is 3.84. The molecule has 0 aliphatic carbocycles. The quantitative estimate of drug-likeness (QED) is 0.868. The molecule has 1 fully saturated rings. The molecular formula is C17H28N2. The first-order valence-corrected chi connectivity index (χ1v) is 7.52. The fourth-order valence-electron chi connectivity index (χ4n) is 3.39. The van der Waals surface area contributed by atoms with Crippen LogP contribution in [-0.2, 0) is 0 Å². The minimum absolute atomic E-state index is 0.467. The van der Waals surface area contributed by atoms with E-state index < -0.39 is 0 Å². The van der Waals surface area contributed by atoms with Crippen molar-refractivity contribution in [1.29, 1.82) is 0 Å².